The van der Waals surface area contributed by atoms with E-state index in [2.05, 4.69) is 24.6 Å². The minimum atomic E-state index is -0.380. The van der Waals surface area contributed by atoms with Gasteiger partial charge in [0.2, 0.25) is 5.95 Å². The lowest BCUT2D eigenvalue weighted by molar-refractivity contribution is 0.0952. The number of piperazine rings is 1. The Kier molecular flexibility index (Phi) is 7.14. The molecule has 9 heteroatoms. The van der Waals surface area contributed by atoms with Gasteiger partial charge in [0, 0.05) is 46.4 Å². The molecule has 0 amide bonds. The Morgan fingerprint density at radius 1 is 1.17 bits per heavy atom. The summed E-state index contributed by atoms with van der Waals surface area (Å²) < 4.78 is 32.8. The van der Waals surface area contributed by atoms with Gasteiger partial charge in [0.05, 0.1) is 19.3 Å². The van der Waals surface area contributed by atoms with Crippen molar-refractivity contribution in [3.05, 3.63) is 35.9 Å². The molecule has 2 saturated heterocycles. The number of ether oxygens (including phenoxy) is 3. The van der Waals surface area contributed by atoms with Crippen molar-refractivity contribution in [1.82, 2.24) is 19.7 Å². The summed E-state index contributed by atoms with van der Waals surface area (Å²) in [6, 6.07) is 6.41. The van der Waals surface area contributed by atoms with Gasteiger partial charge in [0.1, 0.15) is 6.61 Å². The van der Waals surface area contributed by atoms with E-state index in [1.807, 2.05) is 0 Å². The van der Waals surface area contributed by atoms with Crippen LogP contribution < -0.4 is 9.64 Å². The predicted molar refractivity (Wildman–Crippen MR) is 110 cm³/mol. The lowest BCUT2D eigenvalue weighted by Crippen LogP contribution is -2.48. The number of nitrogens with zero attached hydrogens (tertiary/aromatic N) is 5. The minimum Gasteiger partial charge on any atom is -0.483 e. The molecule has 0 spiro atoms. The van der Waals surface area contributed by atoms with Gasteiger partial charge in [-0.15, -0.1) is 10.2 Å². The molecule has 4 rings (SSSR count). The van der Waals surface area contributed by atoms with Gasteiger partial charge in [-0.25, -0.2) is 4.39 Å². The molecular weight excluding hydrogens is 389 g/mol. The maximum Gasteiger partial charge on any atom is 0.227 e. The third-order valence-corrected chi connectivity index (χ3v) is 5.68. The lowest BCUT2D eigenvalue weighted by atomic mass is 10.2. The van der Waals surface area contributed by atoms with Crippen molar-refractivity contribution in [3.8, 4) is 5.75 Å². The first-order chi connectivity index (χ1) is 14.7. The van der Waals surface area contributed by atoms with Crippen molar-refractivity contribution in [1.29, 1.82) is 0 Å². The summed E-state index contributed by atoms with van der Waals surface area (Å²) in [6.07, 6.45) is 2.24. The van der Waals surface area contributed by atoms with Gasteiger partial charge in [0.15, 0.2) is 17.4 Å². The van der Waals surface area contributed by atoms with Crippen molar-refractivity contribution in [3.63, 3.8) is 0 Å². The van der Waals surface area contributed by atoms with E-state index in [-0.39, 0.29) is 24.3 Å². The van der Waals surface area contributed by atoms with Crippen LogP contribution in [0.5, 0.6) is 5.75 Å². The normalized spacial score (nSPS) is 20.1. The Balaban J connectivity index is 1.47. The number of hydrogen-bond acceptors (Lipinski definition) is 7. The van der Waals surface area contributed by atoms with Crippen LogP contribution in [0.4, 0.5) is 10.3 Å². The summed E-state index contributed by atoms with van der Waals surface area (Å²) in [6.45, 7) is 6.98. The molecule has 0 saturated carbocycles. The van der Waals surface area contributed by atoms with Gasteiger partial charge in [-0.1, -0.05) is 12.1 Å². The van der Waals surface area contributed by atoms with Gasteiger partial charge in [0.25, 0.3) is 0 Å². The molecule has 1 aromatic heterocycles. The summed E-state index contributed by atoms with van der Waals surface area (Å²) in [4.78, 5) is 4.65. The molecule has 0 bridgehead atoms. The maximum absolute atomic E-state index is 13.9. The number of benzene rings is 1. The summed E-state index contributed by atoms with van der Waals surface area (Å²) in [5.41, 5.74) is 0. The smallest absolute Gasteiger partial charge is 0.227 e. The molecule has 2 aromatic rings. The van der Waals surface area contributed by atoms with Gasteiger partial charge in [-0.2, -0.15) is 0 Å². The van der Waals surface area contributed by atoms with Crippen LogP contribution in [0, 0.1) is 5.82 Å². The highest BCUT2D eigenvalue weighted by Gasteiger charge is 2.26. The number of anilines is 1. The van der Waals surface area contributed by atoms with Crippen LogP contribution >= 0.6 is 0 Å². The zero-order valence-corrected chi connectivity index (χ0v) is 17.5. The number of para-hydroxylation sites is 1. The first kappa shape index (κ1) is 21.0. The quantitative estimate of drug-likeness (QED) is 0.616. The minimum absolute atomic E-state index is 0.148. The first-order valence-corrected chi connectivity index (χ1v) is 10.6. The fourth-order valence-electron chi connectivity index (χ4n) is 3.94. The van der Waals surface area contributed by atoms with Crippen molar-refractivity contribution in [2.75, 3.05) is 57.9 Å². The monoisotopic (exact) mass is 419 g/mol. The Morgan fingerprint density at radius 3 is 2.73 bits per heavy atom. The third-order valence-electron chi connectivity index (χ3n) is 5.68. The number of hydrogen-bond donors (Lipinski definition) is 0. The zero-order chi connectivity index (χ0) is 20.8. The van der Waals surface area contributed by atoms with Gasteiger partial charge >= 0.3 is 0 Å². The van der Waals surface area contributed by atoms with Crippen LogP contribution in [0.15, 0.2) is 24.3 Å². The van der Waals surface area contributed by atoms with Crippen molar-refractivity contribution in [2.24, 2.45) is 0 Å². The second kappa shape index (κ2) is 10.2. The van der Waals surface area contributed by atoms with E-state index in [0.29, 0.717) is 12.4 Å². The zero-order valence-electron chi connectivity index (χ0n) is 17.5. The van der Waals surface area contributed by atoms with Gasteiger partial charge in [-0.05, 0) is 25.0 Å². The third kappa shape index (κ3) is 5.08. The Bertz CT molecular complexity index is 804. The van der Waals surface area contributed by atoms with Crippen LogP contribution in [-0.2, 0) is 22.6 Å². The van der Waals surface area contributed by atoms with E-state index >= 15 is 0 Å². The number of methoxy groups -OCH3 is 1. The molecule has 1 unspecified atom stereocenters. The molecule has 164 valence electrons. The van der Waals surface area contributed by atoms with Gasteiger partial charge < -0.3 is 19.1 Å². The van der Waals surface area contributed by atoms with E-state index in [1.165, 1.54) is 6.07 Å². The largest absolute Gasteiger partial charge is 0.483 e. The molecule has 0 N–H and O–H groups in total. The molecule has 2 fully saturated rings. The molecule has 1 atom stereocenters. The first-order valence-electron chi connectivity index (χ1n) is 10.6. The number of halogens is 1. The lowest BCUT2D eigenvalue weighted by Gasteiger charge is -2.35. The van der Waals surface area contributed by atoms with Crippen molar-refractivity contribution in [2.45, 2.75) is 32.1 Å². The Labute approximate surface area is 176 Å². The average molecular weight is 420 g/mol. The highest BCUT2D eigenvalue weighted by atomic mass is 19.1. The van der Waals surface area contributed by atoms with E-state index in [1.54, 1.807) is 25.3 Å². The van der Waals surface area contributed by atoms with Crippen LogP contribution in [-0.4, -0.2) is 78.8 Å². The van der Waals surface area contributed by atoms with Crippen molar-refractivity contribution >= 4 is 5.95 Å². The molecule has 1 aromatic carbocycles. The fourth-order valence-corrected chi connectivity index (χ4v) is 3.94. The van der Waals surface area contributed by atoms with Crippen LogP contribution in [0.2, 0.25) is 0 Å². The molecular formula is C21H30FN5O3. The van der Waals surface area contributed by atoms with E-state index in [9.17, 15) is 4.39 Å². The van der Waals surface area contributed by atoms with E-state index in [4.69, 9.17) is 14.2 Å². The number of aromatic nitrogens is 3. The maximum atomic E-state index is 13.9. The van der Waals surface area contributed by atoms with Crippen LogP contribution in [0.3, 0.4) is 0 Å². The second-order valence-electron chi connectivity index (χ2n) is 7.70. The second-order valence-corrected chi connectivity index (χ2v) is 7.70. The summed E-state index contributed by atoms with van der Waals surface area (Å²) in [5.74, 6) is 1.36. The molecule has 30 heavy (non-hydrogen) atoms. The predicted octanol–water partition coefficient (Wildman–Crippen LogP) is 1.94. The molecule has 0 radical (unpaired) electrons. The van der Waals surface area contributed by atoms with Crippen molar-refractivity contribution < 1.29 is 18.6 Å². The fraction of sp³-hybridized carbons (Fsp3) is 0.619. The SMILES string of the molecule is COCCN1CCN(c2nnc(COc3ccccc3F)n2CC2CCCO2)CC1. The Hall–Kier alpha value is -2.23. The topological polar surface area (TPSA) is 64.9 Å². The summed E-state index contributed by atoms with van der Waals surface area (Å²) in [7, 11) is 1.73. The summed E-state index contributed by atoms with van der Waals surface area (Å²) >= 11 is 0. The highest BCUT2D eigenvalue weighted by molar-refractivity contribution is 5.32. The highest BCUT2D eigenvalue weighted by Crippen LogP contribution is 2.23. The molecule has 2 aliphatic rings. The molecule has 0 aliphatic carbocycles. The van der Waals surface area contributed by atoms with E-state index in [0.717, 1.165) is 64.7 Å². The van der Waals surface area contributed by atoms with E-state index < -0.39 is 0 Å². The molecule has 8 nitrogen and oxygen atoms in total. The standard InChI is InChI=1S/C21H30FN5O3/c1-28-14-12-25-8-10-26(11-9-25)21-24-23-20(27(21)15-17-5-4-13-29-17)16-30-19-7-3-2-6-18(19)22/h2-3,6-7,17H,4-5,8-16H2,1H3. The average Bonchev–Trinajstić information content (AvgIpc) is 3.43. The number of rotatable bonds is 9. The van der Waals surface area contributed by atoms with Crippen LogP contribution in [0.1, 0.15) is 18.7 Å². The molecule has 2 aliphatic heterocycles. The van der Waals surface area contributed by atoms with Crippen LogP contribution in [0.25, 0.3) is 0 Å². The Morgan fingerprint density at radius 2 is 2.00 bits per heavy atom. The summed E-state index contributed by atoms with van der Waals surface area (Å²) in [5, 5.41) is 8.85. The molecule has 3 heterocycles. The van der Waals surface area contributed by atoms with Gasteiger partial charge in [-0.3, -0.25) is 9.47 Å².